The van der Waals surface area contributed by atoms with Crippen molar-refractivity contribution in [1.82, 2.24) is 10.2 Å². The smallest absolute Gasteiger partial charge is 0.422 e. The van der Waals surface area contributed by atoms with Gasteiger partial charge in [0.05, 0.1) is 5.54 Å². The normalized spacial score (nSPS) is 17.4. The molecule has 2 heterocycles. The highest BCUT2D eigenvalue weighted by Gasteiger charge is 2.49. The second kappa shape index (κ2) is 7.23. The molecule has 0 bridgehead atoms. The summed E-state index contributed by atoms with van der Waals surface area (Å²) in [4.78, 5) is 25.8. The van der Waals surface area contributed by atoms with Crippen molar-refractivity contribution in [1.29, 1.82) is 0 Å². The Morgan fingerprint density at radius 2 is 1.87 bits per heavy atom. The van der Waals surface area contributed by atoms with Crippen molar-refractivity contribution in [2.75, 3.05) is 13.1 Å². The fourth-order valence-electron chi connectivity index (χ4n) is 3.80. The molecule has 156 valence electrons. The van der Waals surface area contributed by atoms with Gasteiger partial charge in [-0.2, -0.15) is 8.78 Å². The minimum Gasteiger partial charge on any atom is -0.429 e. The van der Waals surface area contributed by atoms with Crippen LogP contribution in [-0.2, 0) is 4.79 Å². The lowest BCUT2D eigenvalue weighted by Gasteiger charge is -2.47. The van der Waals surface area contributed by atoms with Crippen LogP contribution < -0.4 is 10.1 Å². The van der Waals surface area contributed by atoms with Gasteiger partial charge >= 0.3 is 6.11 Å². The van der Waals surface area contributed by atoms with E-state index in [1.807, 2.05) is 0 Å². The highest BCUT2D eigenvalue weighted by Crippen LogP contribution is 2.33. The van der Waals surface area contributed by atoms with Crippen LogP contribution in [0.3, 0.4) is 0 Å². The van der Waals surface area contributed by atoms with E-state index >= 15 is 0 Å². The molecule has 2 aromatic carbocycles. The molecular formula is C23H22F2N2O3. The van der Waals surface area contributed by atoms with E-state index in [4.69, 9.17) is 4.74 Å². The first-order chi connectivity index (χ1) is 14.2. The number of ether oxygens (including phenoxy) is 1. The summed E-state index contributed by atoms with van der Waals surface area (Å²) in [5.41, 5.74) is 1.39. The molecule has 4 rings (SSSR count). The Hall–Kier alpha value is -3.22. The largest absolute Gasteiger partial charge is 0.429 e. The Balaban J connectivity index is 1.44. The SMILES string of the molecule is C=C(C)C(F)(F)Oc1cccc(-c2ccc(C(=O)N3CC4(CCC(=O)N4)C3)cc2)c1. The van der Waals surface area contributed by atoms with Crippen molar-refractivity contribution in [2.24, 2.45) is 0 Å². The molecule has 2 fully saturated rings. The molecule has 0 aliphatic carbocycles. The molecule has 2 aliphatic rings. The van der Waals surface area contributed by atoms with E-state index in [2.05, 4.69) is 11.9 Å². The Kier molecular flexibility index (Phi) is 4.84. The molecule has 0 saturated carbocycles. The zero-order valence-corrected chi connectivity index (χ0v) is 16.6. The van der Waals surface area contributed by atoms with Gasteiger partial charge in [0.15, 0.2) is 0 Å². The fraction of sp³-hybridized carbons (Fsp3) is 0.304. The summed E-state index contributed by atoms with van der Waals surface area (Å²) in [6.07, 6.45) is -2.17. The standard InChI is InChI=1S/C23H22F2N2O3/c1-15(2)23(24,25)30-19-5-3-4-18(12-19)16-6-8-17(9-7-16)21(29)27-13-22(14-27)11-10-20(28)26-22/h3-9,12H,1,10-11,13-14H2,2H3,(H,26,28). The number of likely N-dealkylation sites (tertiary alicyclic amines) is 1. The second-order valence-corrected chi connectivity index (χ2v) is 7.99. The topological polar surface area (TPSA) is 58.6 Å². The highest BCUT2D eigenvalue weighted by molar-refractivity contribution is 5.96. The Morgan fingerprint density at radius 1 is 1.17 bits per heavy atom. The van der Waals surface area contributed by atoms with Crippen molar-refractivity contribution in [3.05, 3.63) is 66.2 Å². The molecule has 7 heteroatoms. The van der Waals surface area contributed by atoms with Crippen LogP contribution in [0.1, 0.15) is 30.1 Å². The Labute approximate surface area is 173 Å². The minimum atomic E-state index is -3.44. The van der Waals surface area contributed by atoms with Gasteiger partial charge in [-0.15, -0.1) is 0 Å². The molecule has 30 heavy (non-hydrogen) atoms. The first kappa shape index (κ1) is 20.1. The zero-order chi connectivity index (χ0) is 21.5. The number of nitrogens with zero attached hydrogens (tertiary/aromatic N) is 1. The van der Waals surface area contributed by atoms with Gasteiger partial charge in [0.1, 0.15) is 5.75 Å². The van der Waals surface area contributed by atoms with Gasteiger partial charge in [0, 0.05) is 30.6 Å². The Bertz CT molecular complexity index is 1010. The van der Waals surface area contributed by atoms with E-state index in [0.29, 0.717) is 30.6 Å². The maximum absolute atomic E-state index is 13.8. The molecule has 1 spiro atoms. The van der Waals surface area contributed by atoms with Crippen molar-refractivity contribution >= 4 is 11.8 Å². The van der Waals surface area contributed by atoms with Gasteiger partial charge < -0.3 is 15.0 Å². The monoisotopic (exact) mass is 412 g/mol. The summed E-state index contributed by atoms with van der Waals surface area (Å²) in [7, 11) is 0. The van der Waals surface area contributed by atoms with Gasteiger partial charge in [-0.3, -0.25) is 9.59 Å². The number of halogens is 2. The number of carbonyl (C=O) groups is 2. The summed E-state index contributed by atoms with van der Waals surface area (Å²) in [5.74, 6) is -0.0182. The number of amides is 2. The lowest BCUT2D eigenvalue weighted by atomic mass is 9.87. The number of hydrogen-bond donors (Lipinski definition) is 1. The zero-order valence-electron chi connectivity index (χ0n) is 16.6. The third kappa shape index (κ3) is 3.79. The third-order valence-electron chi connectivity index (χ3n) is 5.55. The maximum Gasteiger partial charge on any atom is 0.422 e. The molecule has 5 nitrogen and oxygen atoms in total. The van der Waals surface area contributed by atoms with Crippen LogP contribution in [0.15, 0.2) is 60.7 Å². The summed E-state index contributed by atoms with van der Waals surface area (Å²) in [6.45, 7) is 5.51. The van der Waals surface area contributed by atoms with E-state index in [9.17, 15) is 18.4 Å². The van der Waals surface area contributed by atoms with Crippen LogP contribution in [-0.4, -0.2) is 41.5 Å². The molecule has 1 N–H and O–H groups in total. The quantitative estimate of drug-likeness (QED) is 0.755. The van der Waals surface area contributed by atoms with Gasteiger partial charge in [-0.25, -0.2) is 0 Å². The molecule has 2 aliphatic heterocycles. The number of benzene rings is 2. The van der Waals surface area contributed by atoms with Crippen LogP contribution in [0.25, 0.3) is 11.1 Å². The lowest BCUT2D eigenvalue weighted by molar-refractivity contribution is -0.141. The lowest BCUT2D eigenvalue weighted by Crippen LogP contribution is -2.68. The number of carbonyl (C=O) groups excluding carboxylic acids is 2. The number of rotatable bonds is 5. The summed E-state index contributed by atoms with van der Waals surface area (Å²) >= 11 is 0. The predicted molar refractivity (Wildman–Crippen MR) is 108 cm³/mol. The van der Waals surface area contributed by atoms with Crippen molar-refractivity contribution < 1.29 is 23.1 Å². The van der Waals surface area contributed by atoms with E-state index < -0.39 is 6.11 Å². The van der Waals surface area contributed by atoms with Gasteiger partial charge in [-0.05, 0) is 48.7 Å². The van der Waals surface area contributed by atoms with Crippen molar-refractivity contribution in [3.8, 4) is 16.9 Å². The molecule has 2 aromatic rings. The summed E-state index contributed by atoms with van der Waals surface area (Å²) < 4.78 is 32.3. The first-order valence-corrected chi connectivity index (χ1v) is 9.71. The molecule has 2 saturated heterocycles. The molecule has 0 unspecified atom stereocenters. The van der Waals surface area contributed by atoms with E-state index in [0.717, 1.165) is 12.0 Å². The number of alkyl halides is 2. The molecule has 0 radical (unpaired) electrons. The predicted octanol–water partition coefficient (Wildman–Crippen LogP) is 4.01. The second-order valence-electron chi connectivity index (χ2n) is 7.99. The number of hydrogen-bond acceptors (Lipinski definition) is 3. The van der Waals surface area contributed by atoms with Gasteiger partial charge in [-0.1, -0.05) is 30.8 Å². The van der Waals surface area contributed by atoms with Crippen LogP contribution in [0, 0.1) is 0 Å². The minimum absolute atomic E-state index is 0.0325. The van der Waals surface area contributed by atoms with Gasteiger partial charge in [0.25, 0.3) is 5.91 Å². The fourth-order valence-corrected chi connectivity index (χ4v) is 3.80. The van der Waals surface area contributed by atoms with E-state index in [1.165, 1.54) is 19.1 Å². The van der Waals surface area contributed by atoms with Crippen molar-refractivity contribution in [2.45, 2.75) is 31.4 Å². The van der Waals surface area contributed by atoms with Crippen LogP contribution in [0.5, 0.6) is 5.75 Å². The van der Waals surface area contributed by atoms with Crippen LogP contribution >= 0.6 is 0 Å². The maximum atomic E-state index is 13.8. The third-order valence-corrected chi connectivity index (χ3v) is 5.55. The van der Waals surface area contributed by atoms with E-state index in [-0.39, 0.29) is 28.7 Å². The average Bonchev–Trinajstić information content (AvgIpc) is 3.08. The molecule has 0 aromatic heterocycles. The number of nitrogens with one attached hydrogen (secondary N) is 1. The Morgan fingerprint density at radius 3 is 2.47 bits per heavy atom. The summed E-state index contributed by atoms with van der Waals surface area (Å²) in [6, 6.07) is 13.4. The first-order valence-electron chi connectivity index (χ1n) is 9.71. The van der Waals surface area contributed by atoms with Crippen LogP contribution in [0.2, 0.25) is 0 Å². The van der Waals surface area contributed by atoms with Crippen LogP contribution in [0.4, 0.5) is 8.78 Å². The molecule has 0 atom stereocenters. The highest BCUT2D eigenvalue weighted by atomic mass is 19.3. The summed E-state index contributed by atoms with van der Waals surface area (Å²) in [5, 5.41) is 2.96. The molecule has 2 amide bonds. The van der Waals surface area contributed by atoms with E-state index in [1.54, 1.807) is 41.3 Å². The van der Waals surface area contributed by atoms with Crippen molar-refractivity contribution in [3.63, 3.8) is 0 Å². The van der Waals surface area contributed by atoms with Gasteiger partial charge in [0.2, 0.25) is 5.91 Å². The average molecular weight is 412 g/mol. The molecular weight excluding hydrogens is 390 g/mol.